The summed E-state index contributed by atoms with van der Waals surface area (Å²) in [5.74, 6) is 0.859. The number of hydrogen-bond acceptors (Lipinski definition) is 3. The summed E-state index contributed by atoms with van der Waals surface area (Å²) in [5, 5.41) is 3.31. The standard InChI is InChI=1S/C14H20N2O2/c1-10-9-16(13(17)14(2,3)15-10)11-6-5-7-12(8-11)18-4/h5-8,10,15H,9H2,1-4H3. The number of nitrogens with one attached hydrogen (secondary N) is 1. The van der Waals surface area contributed by atoms with E-state index in [0.717, 1.165) is 11.4 Å². The number of carbonyl (C=O) groups is 1. The molecule has 1 amide bonds. The van der Waals surface area contributed by atoms with E-state index in [1.165, 1.54) is 0 Å². The molecule has 1 aliphatic heterocycles. The minimum atomic E-state index is -0.527. The molecule has 2 rings (SSSR count). The van der Waals surface area contributed by atoms with Gasteiger partial charge in [0.15, 0.2) is 0 Å². The van der Waals surface area contributed by atoms with Crippen molar-refractivity contribution in [2.24, 2.45) is 0 Å². The predicted molar refractivity (Wildman–Crippen MR) is 72.0 cm³/mol. The lowest BCUT2D eigenvalue weighted by molar-refractivity contribution is -0.125. The Morgan fingerprint density at radius 2 is 2.17 bits per heavy atom. The van der Waals surface area contributed by atoms with Crippen LogP contribution in [0, 0.1) is 0 Å². The van der Waals surface area contributed by atoms with Crippen LogP contribution in [0.5, 0.6) is 5.75 Å². The molecular weight excluding hydrogens is 228 g/mol. The molecule has 1 aromatic rings. The van der Waals surface area contributed by atoms with Crippen LogP contribution in [-0.4, -0.2) is 31.1 Å². The molecule has 0 bridgehead atoms. The van der Waals surface area contributed by atoms with Crippen molar-refractivity contribution >= 4 is 11.6 Å². The van der Waals surface area contributed by atoms with E-state index >= 15 is 0 Å². The van der Waals surface area contributed by atoms with Gasteiger partial charge >= 0.3 is 0 Å². The Morgan fingerprint density at radius 1 is 1.44 bits per heavy atom. The summed E-state index contributed by atoms with van der Waals surface area (Å²) >= 11 is 0. The lowest BCUT2D eigenvalue weighted by atomic mass is 9.97. The van der Waals surface area contributed by atoms with Gasteiger partial charge in [0.2, 0.25) is 5.91 Å². The second-order valence-electron chi connectivity index (χ2n) is 5.29. The maximum atomic E-state index is 12.4. The number of anilines is 1. The monoisotopic (exact) mass is 248 g/mol. The van der Waals surface area contributed by atoms with Crippen LogP contribution >= 0.6 is 0 Å². The Labute approximate surface area is 108 Å². The van der Waals surface area contributed by atoms with Crippen LogP contribution in [0.1, 0.15) is 20.8 Å². The van der Waals surface area contributed by atoms with Crippen LogP contribution in [0.15, 0.2) is 24.3 Å². The van der Waals surface area contributed by atoms with Crippen LogP contribution in [0.3, 0.4) is 0 Å². The molecule has 1 saturated heterocycles. The van der Waals surface area contributed by atoms with Gasteiger partial charge in [0.05, 0.1) is 12.6 Å². The Balaban J connectivity index is 2.33. The van der Waals surface area contributed by atoms with E-state index < -0.39 is 5.54 Å². The summed E-state index contributed by atoms with van der Waals surface area (Å²) in [6.45, 7) is 6.59. The molecule has 1 atom stereocenters. The third-order valence-corrected chi connectivity index (χ3v) is 3.21. The molecule has 1 unspecified atom stereocenters. The van der Waals surface area contributed by atoms with E-state index in [9.17, 15) is 4.79 Å². The Bertz CT molecular complexity index is 457. The van der Waals surface area contributed by atoms with Crippen LogP contribution in [0.25, 0.3) is 0 Å². The fraction of sp³-hybridized carbons (Fsp3) is 0.500. The molecule has 0 saturated carbocycles. The fourth-order valence-electron chi connectivity index (χ4n) is 2.42. The van der Waals surface area contributed by atoms with Gasteiger partial charge in [-0.25, -0.2) is 0 Å². The van der Waals surface area contributed by atoms with E-state index in [0.29, 0.717) is 6.54 Å². The zero-order valence-corrected chi connectivity index (χ0v) is 11.4. The number of carbonyl (C=O) groups excluding carboxylic acids is 1. The Morgan fingerprint density at radius 3 is 2.83 bits per heavy atom. The molecule has 0 radical (unpaired) electrons. The summed E-state index contributed by atoms with van der Waals surface area (Å²) in [6.07, 6.45) is 0. The number of methoxy groups -OCH3 is 1. The number of nitrogens with zero attached hydrogens (tertiary/aromatic N) is 1. The number of amides is 1. The fourth-order valence-corrected chi connectivity index (χ4v) is 2.42. The van der Waals surface area contributed by atoms with E-state index in [4.69, 9.17) is 4.74 Å². The number of piperazine rings is 1. The van der Waals surface area contributed by atoms with Gasteiger partial charge in [0.25, 0.3) is 0 Å². The van der Waals surface area contributed by atoms with Gasteiger partial charge in [-0.2, -0.15) is 0 Å². The van der Waals surface area contributed by atoms with Crippen LogP contribution in [-0.2, 0) is 4.79 Å². The van der Waals surface area contributed by atoms with Crippen LogP contribution in [0.2, 0.25) is 0 Å². The van der Waals surface area contributed by atoms with Crippen molar-refractivity contribution < 1.29 is 9.53 Å². The SMILES string of the molecule is COc1cccc(N2CC(C)NC(C)(C)C2=O)c1. The molecule has 18 heavy (non-hydrogen) atoms. The average molecular weight is 248 g/mol. The van der Waals surface area contributed by atoms with Crippen molar-refractivity contribution in [2.45, 2.75) is 32.4 Å². The second-order valence-corrected chi connectivity index (χ2v) is 5.29. The zero-order chi connectivity index (χ0) is 13.3. The molecule has 0 aromatic heterocycles. The smallest absolute Gasteiger partial charge is 0.246 e. The minimum Gasteiger partial charge on any atom is -0.497 e. The highest BCUT2D eigenvalue weighted by Crippen LogP contribution is 2.26. The van der Waals surface area contributed by atoms with Crippen LogP contribution in [0.4, 0.5) is 5.69 Å². The normalized spacial score (nSPS) is 23.0. The molecule has 0 aliphatic carbocycles. The third-order valence-electron chi connectivity index (χ3n) is 3.21. The molecule has 4 nitrogen and oxygen atoms in total. The van der Waals surface area contributed by atoms with Crippen molar-refractivity contribution in [1.82, 2.24) is 5.32 Å². The number of ether oxygens (including phenoxy) is 1. The van der Waals surface area contributed by atoms with Gasteiger partial charge < -0.3 is 9.64 Å². The summed E-state index contributed by atoms with van der Waals surface area (Å²) in [7, 11) is 1.63. The van der Waals surface area contributed by atoms with E-state index in [2.05, 4.69) is 12.2 Å². The van der Waals surface area contributed by atoms with Crippen molar-refractivity contribution in [3.63, 3.8) is 0 Å². The quantitative estimate of drug-likeness (QED) is 0.867. The Kier molecular flexibility index (Phi) is 3.30. The first kappa shape index (κ1) is 12.9. The number of benzene rings is 1. The molecule has 4 heteroatoms. The minimum absolute atomic E-state index is 0.0915. The number of hydrogen-bond donors (Lipinski definition) is 1. The largest absolute Gasteiger partial charge is 0.497 e. The summed E-state index contributed by atoms with van der Waals surface area (Å²) in [5.41, 5.74) is 0.363. The first-order chi connectivity index (χ1) is 8.44. The van der Waals surface area contributed by atoms with E-state index in [-0.39, 0.29) is 11.9 Å². The van der Waals surface area contributed by atoms with Gasteiger partial charge in [-0.05, 0) is 32.9 Å². The number of rotatable bonds is 2. The summed E-state index contributed by atoms with van der Waals surface area (Å²) < 4.78 is 5.21. The van der Waals surface area contributed by atoms with E-state index in [1.807, 2.05) is 43.0 Å². The van der Waals surface area contributed by atoms with Crippen molar-refractivity contribution in [3.8, 4) is 5.75 Å². The zero-order valence-electron chi connectivity index (χ0n) is 11.4. The average Bonchev–Trinajstić information content (AvgIpc) is 2.33. The van der Waals surface area contributed by atoms with Gasteiger partial charge in [-0.1, -0.05) is 6.07 Å². The predicted octanol–water partition coefficient (Wildman–Crippen LogP) is 1.80. The molecule has 98 valence electrons. The highest BCUT2D eigenvalue weighted by molar-refractivity contribution is 6.00. The molecule has 1 fully saturated rings. The van der Waals surface area contributed by atoms with Gasteiger partial charge in [-0.3, -0.25) is 10.1 Å². The van der Waals surface area contributed by atoms with Crippen LogP contribution < -0.4 is 15.0 Å². The first-order valence-electron chi connectivity index (χ1n) is 6.18. The van der Waals surface area contributed by atoms with Crippen molar-refractivity contribution in [3.05, 3.63) is 24.3 Å². The highest BCUT2D eigenvalue weighted by atomic mass is 16.5. The molecule has 1 aromatic carbocycles. The topological polar surface area (TPSA) is 41.6 Å². The van der Waals surface area contributed by atoms with Gasteiger partial charge in [-0.15, -0.1) is 0 Å². The third kappa shape index (κ3) is 2.34. The van der Waals surface area contributed by atoms with Gasteiger partial charge in [0.1, 0.15) is 5.75 Å². The summed E-state index contributed by atoms with van der Waals surface area (Å²) in [6, 6.07) is 7.89. The Hall–Kier alpha value is -1.55. The van der Waals surface area contributed by atoms with Crippen molar-refractivity contribution in [2.75, 3.05) is 18.6 Å². The highest BCUT2D eigenvalue weighted by Gasteiger charge is 2.38. The van der Waals surface area contributed by atoms with E-state index in [1.54, 1.807) is 7.11 Å². The van der Waals surface area contributed by atoms with Crippen molar-refractivity contribution in [1.29, 1.82) is 0 Å². The summed E-state index contributed by atoms with van der Waals surface area (Å²) in [4.78, 5) is 14.2. The lowest BCUT2D eigenvalue weighted by Crippen LogP contribution is -2.65. The molecule has 0 spiro atoms. The lowest BCUT2D eigenvalue weighted by Gasteiger charge is -2.41. The second kappa shape index (κ2) is 4.61. The first-order valence-corrected chi connectivity index (χ1v) is 6.18. The van der Waals surface area contributed by atoms with Gasteiger partial charge in [0, 0.05) is 24.3 Å². The molecule has 1 N–H and O–H groups in total. The molecule has 1 heterocycles. The maximum Gasteiger partial charge on any atom is 0.246 e. The molecule has 1 aliphatic rings. The maximum absolute atomic E-state index is 12.4. The molecular formula is C14H20N2O2.